The van der Waals surface area contributed by atoms with Crippen LogP contribution in [0.2, 0.25) is 5.02 Å². The van der Waals surface area contributed by atoms with Crippen LogP contribution in [0, 0.1) is 13.8 Å². The number of anilines is 1. The van der Waals surface area contributed by atoms with Crippen LogP contribution in [-0.2, 0) is 6.18 Å². The molecule has 1 aliphatic heterocycles. The lowest BCUT2D eigenvalue weighted by Gasteiger charge is -2.37. The number of rotatable bonds is 6. The van der Waals surface area contributed by atoms with E-state index < -0.39 is 11.7 Å². The van der Waals surface area contributed by atoms with E-state index in [-0.39, 0.29) is 5.02 Å². The van der Waals surface area contributed by atoms with E-state index in [1.807, 2.05) is 6.07 Å². The van der Waals surface area contributed by atoms with E-state index >= 15 is 0 Å². The van der Waals surface area contributed by atoms with Crippen LogP contribution in [-0.4, -0.2) is 31.6 Å². The summed E-state index contributed by atoms with van der Waals surface area (Å²) in [6.07, 6.45) is -1.09. The Labute approximate surface area is 181 Å². The molecule has 0 saturated carbocycles. The molecule has 2 aromatic carbocycles. The number of likely N-dealkylation sites (tertiary alicyclic amines) is 1. The number of alkyl halides is 3. The number of nitrogens with zero attached hydrogens (tertiary/aromatic N) is 1. The lowest BCUT2D eigenvalue weighted by molar-refractivity contribution is -0.137. The van der Waals surface area contributed by atoms with Crippen molar-refractivity contribution in [3.8, 4) is 5.75 Å². The molecule has 2 aromatic rings. The van der Waals surface area contributed by atoms with Crippen LogP contribution in [0.3, 0.4) is 0 Å². The summed E-state index contributed by atoms with van der Waals surface area (Å²) in [5, 5.41) is 2.84. The van der Waals surface area contributed by atoms with Gasteiger partial charge >= 0.3 is 6.18 Å². The van der Waals surface area contributed by atoms with Crippen LogP contribution in [0.25, 0.3) is 0 Å². The molecule has 0 bridgehead atoms. The van der Waals surface area contributed by atoms with Gasteiger partial charge in [-0.25, -0.2) is 0 Å². The molecule has 0 amide bonds. The largest absolute Gasteiger partial charge is 0.496 e. The van der Waals surface area contributed by atoms with E-state index in [1.165, 1.54) is 23.6 Å². The zero-order valence-electron chi connectivity index (χ0n) is 17.6. The highest BCUT2D eigenvalue weighted by molar-refractivity contribution is 6.31. The Morgan fingerprint density at radius 1 is 1.13 bits per heavy atom. The lowest BCUT2D eigenvalue weighted by Crippen LogP contribution is -2.37. The van der Waals surface area contributed by atoms with Gasteiger partial charge in [-0.1, -0.05) is 24.1 Å². The van der Waals surface area contributed by atoms with Crippen molar-refractivity contribution in [1.82, 2.24) is 4.90 Å². The molecule has 3 rings (SSSR count). The highest BCUT2D eigenvalue weighted by atomic mass is 35.5. The zero-order valence-corrected chi connectivity index (χ0v) is 18.3. The maximum Gasteiger partial charge on any atom is 0.417 e. The molecule has 1 N–H and O–H groups in total. The van der Waals surface area contributed by atoms with Crippen molar-refractivity contribution in [2.45, 2.75) is 45.3 Å². The average Bonchev–Trinajstić information content (AvgIpc) is 2.71. The molecule has 1 saturated heterocycles. The molecule has 30 heavy (non-hydrogen) atoms. The summed E-state index contributed by atoms with van der Waals surface area (Å²) in [5.41, 5.74) is 3.32. The van der Waals surface area contributed by atoms with Gasteiger partial charge in [0.2, 0.25) is 0 Å². The fraction of sp³-hybridized carbons (Fsp3) is 0.478. The maximum absolute atomic E-state index is 13.1. The van der Waals surface area contributed by atoms with Crippen molar-refractivity contribution in [3.63, 3.8) is 0 Å². The highest BCUT2D eigenvalue weighted by Crippen LogP contribution is 2.37. The van der Waals surface area contributed by atoms with E-state index in [9.17, 15) is 13.2 Å². The second kappa shape index (κ2) is 9.48. The standard InChI is InChI=1S/C23H28ClF3N2O/c1-15-16(2)22(30-3)10-8-18(15)21-6-4-5-12-29(21)13-11-28-17-7-9-20(24)19(14-17)23(25,26)27/h7-10,14,21,28H,4-6,11-13H2,1-3H3. The first-order valence-corrected chi connectivity index (χ1v) is 10.6. The van der Waals surface area contributed by atoms with Gasteiger partial charge in [0, 0.05) is 24.8 Å². The summed E-state index contributed by atoms with van der Waals surface area (Å²) in [6.45, 7) is 6.49. The molecule has 3 nitrogen and oxygen atoms in total. The molecule has 164 valence electrons. The molecule has 0 aromatic heterocycles. The third-order valence-corrected chi connectivity index (χ3v) is 6.30. The van der Waals surface area contributed by atoms with Crippen LogP contribution in [0.15, 0.2) is 30.3 Å². The molecule has 1 fully saturated rings. The number of hydrogen-bond donors (Lipinski definition) is 1. The fourth-order valence-electron chi connectivity index (χ4n) is 4.21. The Hall–Kier alpha value is -1.92. The molecule has 1 unspecified atom stereocenters. The molecule has 1 atom stereocenters. The van der Waals surface area contributed by atoms with Gasteiger partial charge in [-0.2, -0.15) is 13.2 Å². The van der Waals surface area contributed by atoms with Crippen molar-refractivity contribution in [3.05, 3.63) is 57.6 Å². The summed E-state index contributed by atoms with van der Waals surface area (Å²) in [5.74, 6) is 0.892. The van der Waals surface area contributed by atoms with Gasteiger partial charge in [0.1, 0.15) is 5.75 Å². The predicted molar refractivity (Wildman–Crippen MR) is 116 cm³/mol. The summed E-state index contributed by atoms with van der Waals surface area (Å²) >= 11 is 5.71. The van der Waals surface area contributed by atoms with E-state index in [2.05, 4.69) is 30.1 Å². The van der Waals surface area contributed by atoms with Crippen molar-refractivity contribution < 1.29 is 17.9 Å². The Morgan fingerprint density at radius 3 is 2.60 bits per heavy atom. The monoisotopic (exact) mass is 440 g/mol. The van der Waals surface area contributed by atoms with Gasteiger partial charge in [0.15, 0.2) is 0 Å². The molecular formula is C23H28ClF3N2O. The first kappa shape index (κ1) is 22.8. The molecule has 0 aliphatic carbocycles. The molecule has 0 spiro atoms. The topological polar surface area (TPSA) is 24.5 Å². The van der Waals surface area contributed by atoms with Crippen molar-refractivity contribution in [1.29, 1.82) is 0 Å². The molecule has 1 aliphatic rings. The molecule has 7 heteroatoms. The minimum Gasteiger partial charge on any atom is -0.496 e. The Bertz CT molecular complexity index is 885. The van der Waals surface area contributed by atoms with Crippen LogP contribution >= 0.6 is 11.6 Å². The second-order valence-electron chi connectivity index (χ2n) is 7.77. The minimum absolute atomic E-state index is 0.283. The Balaban J connectivity index is 1.70. The van der Waals surface area contributed by atoms with Gasteiger partial charge in [-0.05, 0) is 74.2 Å². The number of nitrogens with one attached hydrogen (secondary N) is 1. The van der Waals surface area contributed by atoms with Gasteiger partial charge < -0.3 is 10.1 Å². The number of ether oxygens (including phenoxy) is 1. The van der Waals surface area contributed by atoms with Crippen LogP contribution in [0.5, 0.6) is 5.75 Å². The summed E-state index contributed by atoms with van der Waals surface area (Å²) < 4.78 is 44.7. The highest BCUT2D eigenvalue weighted by Gasteiger charge is 2.33. The average molecular weight is 441 g/mol. The van der Waals surface area contributed by atoms with Crippen LogP contribution in [0.1, 0.15) is 47.6 Å². The first-order chi connectivity index (χ1) is 14.2. The number of hydrogen-bond acceptors (Lipinski definition) is 3. The normalized spacial score (nSPS) is 17.8. The summed E-state index contributed by atoms with van der Waals surface area (Å²) in [4.78, 5) is 2.42. The van der Waals surface area contributed by atoms with Crippen molar-refractivity contribution in [2.75, 3.05) is 32.1 Å². The van der Waals surface area contributed by atoms with Gasteiger partial charge in [0.05, 0.1) is 17.7 Å². The summed E-state index contributed by atoms with van der Waals surface area (Å²) in [7, 11) is 1.68. The smallest absolute Gasteiger partial charge is 0.417 e. The third kappa shape index (κ3) is 5.03. The number of methoxy groups -OCH3 is 1. The van der Waals surface area contributed by atoms with Crippen LogP contribution < -0.4 is 10.1 Å². The number of benzene rings is 2. The second-order valence-corrected chi connectivity index (χ2v) is 8.18. The quantitative estimate of drug-likeness (QED) is 0.546. The Morgan fingerprint density at radius 2 is 1.90 bits per heavy atom. The Kier molecular flexibility index (Phi) is 7.19. The number of halogens is 4. The van der Waals surface area contributed by atoms with E-state index in [1.54, 1.807) is 13.2 Å². The van der Waals surface area contributed by atoms with Crippen LogP contribution in [0.4, 0.5) is 18.9 Å². The van der Waals surface area contributed by atoms with E-state index in [4.69, 9.17) is 16.3 Å². The maximum atomic E-state index is 13.1. The van der Waals surface area contributed by atoms with Gasteiger partial charge in [-0.3, -0.25) is 4.90 Å². The fourth-order valence-corrected chi connectivity index (χ4v) is 4.43. The van der Waals surface area contributed by atoms with Gasteiger partial charge in [0.25, 0.3) is 0 Å². The molecular weight excluding hydrogens is 413 g/mol. The first-order valence-electron chi connectivity index (χ1n) is 10.2. The van der Waals surface area contributed by atoms with Crippen molar-refractivity contribution >= 4 is 17.3 Å². The summed E-state index contributed by atoms with van der Waals surface area (Å²) in [6, 6.07) is 8.43. The minimum atomic E-state index is -4.46. The van der Waals surface area contributed by atoms with Gasteiger partial charge in [-0.15, -0.1) is 0 Å². The number of piperidine rings is 1. The van der Waals surface area contributed by atoms with Crippen molar-refractivity contribution in [2.24, 2.45) is 0 Å². The zero-order chi connectivity index (χ0) is 21.9. The molecule has 0 radical (unpaired) electrons. The van der Waals surface area contributed by atoms with E-state index in [0.29, 0.717) is 18.3 Å². The van der Waals surface area contributed by atoms with E-state index in [0.717, 1.165) is 43.3 Å². The molecule has 1 heterocycles. The SMILES string of the molecule is COc1ccc(C2CCCCN2CCNc2ccc(Cl)c(C(F)(F)F)c2)c(C)c1C. The predicted octanol–water partition coefficient (Wildman–Crippen LogP) is 6.62. The lowest BCUT2D eigenvalue weighted by atomic mass is 9.90. The third-order valence-electron chi connectivity index (χ3n) is 5.97.